The largest absolute Gasteiger partial charge is 0.404 e. The summed E-state index contributed by atoms with van der Waals surface area (Å²) in [6.45, 7) is 0.709. The molecule has 6 nitrogen and oxygen atoms in total. The minimum atomic E-state index is -4.74. The molecule has 2 aromatic heterocycles. The Hall–Kier alpha value is -2.97. The van der Waals surface area contributed by atoms with Crippen molar-refractivity contribution in [3.63, 3.8) is 0 Å². The predicted octanol–water partition coefficient (Wildman–Crippen LogP) is 5.45. The molecule has 1 aromatic carbocycles. The van der Waals surface area contributed by atoms with Gasteiger partial charge in [-0.1, -0.05) is 19.3 Å². The summed E-state index contributed by atoms with van der Waals surface area (Å²) in [7, 11) is -4.47. The minimum absolute atomic E-state index is 0.00895. The third-order valence-electron chi connectivity index (χ3n) is 6.13. The van der Waals surface area contributed by atoms with Gasteiger partial charge in [-0.15, -0.1) is 0 Å². The zero-order valence-electron chi connectivity index (χ0n) is 18.2. The van der Waals surface area contributed by atoms with Crippen molar-refractivity contribution in [1.29, 1.82) is 5.26 Å². The molecular formula is C23H22F4N4O2S. The fourth-order valence-electron chi connectivity index (χ4n) is 4.41. The molecule has 11 heteroatoms. The standard InChI is InChI=1S/C23H22F4N4O2S/c1-14(23(25,26)27)30-34(32,33)17-8-10-20(29-13-17)22-19(12-28)18-9-7-15(24)11-21(18)31(22)16-5-3-2-4-6-16/h7-11,13-14,16,30H,2-6H2,1H3/t14-/m0/s1. The predicted molar refractivity (Wildman–Crippen MR) is 118 cm³/mol. The first kappa shape index (κ1) is 24.2. The van der Waals surface area contributed by atoms with Gasteiger partial charge in [0.25, 0.3) is 0 Å². The van der Waals surface area contributed by atoms with Gasteiger partial charge in [-0.25, -0.2) is 12.8 Å². The number of nitrogens with one attached hydrogen (secondary N) is 1. The first-order valence-electron chi connectivity index (χ1n) is 10.8. The van der Waals surface area contributed by atoms with Gasteiger partial charge in [-0.2, -0.15) is 23.2 Å². The van der Waals surface area contributed by atoms with E-state index in [4.69, 9.17) is 0 Å². The summed E-state index contributed by atoms with van der Waals surface area (Å²) < 4.78 is 80.9. The number of alkyl halides is 3. The Kier molecular flexibility index (Phi) is 6.40. The van der Waals surface area contributed by atoms with E-state index in [1.165, 1.54) is 24.3 Å². The van der Waals surface area contributed by atoms with Crippen molar-refractivity contribution in [3.8, 4) is 17.5 Å². The van der Waals surface area contributed by atoms with Crippen molar-refractivity contribution in [1.82, 2.24) is 14.3 Å². The van der Waals surface area contributed by atoms with Crippen LogP contribution in [-0.2, 0) is 10.0 Å². The van der Waals surface area contributed by atoms with Gasteiger partial charge in [0, 0.05) is 17.6 Å². The minimum Gasteiger partial charge on any atom is -0.335 e. The molecule has 1 N–H and O–H groups in total. The highest BCUT2D eigenvalue weighted by atomic mass is 32.2. The molecule has 1 atom stereocenters. The smallest absolute Gasteiger partial charge is 0.335 e. The zero-order chi connectivity index (χ0) is 24.7. The van der Waals surface area contributed by atoms with Gasteiger partial charge in [0.1, 0.15) is 22.8 Å². The summed E-state index contributed by atoms with van der Waals surface area (Å²) in [5.74, 6) is -0.447. The monoisotopic (exact) mass is 494 g/mol. The summed E-state index contributed by atoms with van der Waals surface area (Å²) in [4.78, 5) is 3.77. The molecule has 2 heterocycles. The molecule has 1 saturated carbocycles. The number of nitrogens with zero attached hydrogens (tertiary/aromatic N) is 3. The normalized spacial score (nSPS) is 16.5. The lowest BCUT2D eigenvalue weighted by Gasteiger charge is -2.26. The van der Waals surface area contributed by atoms with Gasteiger partial charge in [0.2, 0.25) is 10.0 Å². The SMILES string of the molecule is C[C@H](NS(=O)(=O)c1ccc(-c2c(C#N)c3ccc(F)cc3n2C2CCCCC2)nc1)C(F)(F)F. The molecule has 0 unspecified atom stereocenters. The molecule has 34 heavy (non-hydrogen) atoms. The summed E-state index contributed by atoms with van der Waals surface area (Å²) >= 11 is 0. The van der Waals surface area contributed by atoms with Crippen LogP contribution in [-0.4, -0.2) is 30.2 Å². The molecule has 0 radical (unpaired) electrons. The van der Waals surface area contributed by atoms with Crippen LogP contribution in [0.3, 0.4) is 0 Å². The van der Waals surface area contributed by atoms with Crippen molar-refractivity contribution in [3.05, 3.63) is 47.9 Å². The Morgan fingerprint density at radius 3 is 2.47 bits per heavy atom. The lowest BCUT2D eigenvalue weighted by atomic mass is 9.95. The number of sulfonamides is 1. The molecule has 0 saturated heterocycles. The van der Waals surface area contributed by atoms with Crippen molar-refractivity contribution in [2.75, 3.05) is 0 Å². The number of hydrogen-bond acceptors (Lipinski definition) is 4. The van der Waals surface area contributed by atoms with E-state index < -0.39 is 33.0 Å². The molecule has 0 amide bonds. The molecular weight excluding hydrogens is 472 g/mol. The Balaban J connectivity index is 1.82. The van der Waals surface area contributed by atoms with Crippen LogP contribution in [0, 0.1) is 17.1 Å². The van der Waals surface area contributed by atoms with E-state index in [1.54, 1.807) is 4.72 Å². The molecule has 1 fully saturated rings. The van der Waals surface area contributed by atoms with E-state index in [0.717, 1.165) is 44.4 Å². The molecule has 0 spiro atoms. The highest BCUT2D eigenvalue weighted by Gasteiger charge is 2.39. The number of benzene rings is 1. The number of pyridine rings is 1. The number of nitriles is 1. The van der Waals surface area contributed by atoms with Crippen LogP contribution >= 0.6 is 0 Å². The number of rotatable bonds is 5. The topological polar surface area (TPSA) is 87.8 Å². The summed E-state index contributed by atoms with van der Waals surface area (Å²) in [5.41, 5.74) is 1.56. The summed E-state index contributed by atoms with van der Waals surface area (Å²) in [6, 6.07) is 6.59. The van der Waals surface area contributed by atoms with Gasteiger partial charge in [-0.3, -0.25) is 4.98 Å². The van der Waals surface area contributed by atoms with E-state index in [1.807, 2.05) is 4.57 Å². The van der Waals surface area contributed by atoms with E-state index >= 15 is 0 Å². The molecule has 1 aliphatic rings. The lowest BCUT2D eigenvalue weighted by molar-refractivity contribution is -0.147. The maximum absolute atomic E-state index is 14.1. The zero-order valence-corrected chi connectivity index (χ0v) is 19.0. The van der Waals surface area contributed by atoms with Gasteiger partial charge in [0.05, 0.1) is 22.5 Å². The fourth-order valence-corrected chi connectivity index (χ4v) is 5.59. The van der Waals surface area contributed by atoms with Crippen LogP contribution in [0.15, 0.2) is 41.4 Å². The van der Waals surface area contributed by atoms with Crippen LogP contribution in [0.1, 0.15) is 50.6 Å². The first-order valence-corrected chi connectivity index (χ1v) is 12.3. The average molecular weight is 495 g/mol. The summed E-state index contributed by atoms with van der Waals surface area (Å²) in [6.07, 6.45) is 0.944. The fraction of sp³-hybridized carbons (Fsp3) is 0.391. The summed E-state index contributed by atoms with van der Waals surface area (Å²) in [5, 5.41) is 10.5. The number of hydrogen-bond donors (Lipinski definition) is 1. The van der Waals surface area contributed by atoms with Crippen LogP contribution in [0.2, 0.25) is 0 Å². The maximum atomic E-state index is 14.1. The van der Waals surface area contributed by atoms with E-state index in [2.05, 4.69) is 11.1 Å². The van der Waals surface area contributed by atoms with Crippen molar-refractivity contribution in [2.45, 2.75) is 62.2 Å². The van der Waals surface area contributed by atoms with Crippen LogP contribution in [0.4, 0.5) is 17.6 Å². The van der Waals surface area contributed by atoms with E-state index in [0.29, 0.717) is 23.5 Å². The number of aromatic nitrogens is 2. The second kappa shape index (κ2) is 9.00. The number of halogens is 4. The van der Waals surface area contributed by atoms with Crippen LogP contribution in [0.25, 0.3) is 22.3 Å². The Labute approximate surface area is 194 Å². The Bertz CT molecular complexity index is 1350. The third kappa shape index (κ3) is 4.52. The van der Waals surface area contributed by atoms with Crippen LogP contribution in [0.5, 0.6) is 0 Å². The maximum Gasteiger partial charge on any atom is 0.404 e. The van der Waals surface area contributed by atoms with Crippen LogP contribution < -0.4 is 4.72 Å². The molecule has 3 aromatic rings. The van der Waals surface area contributed by atoms with Crippen molar-refractivity contribution >= 4 is 20.9 Å². The number of fused-ring (bicyclic) bond motifs is 1. The van der Waals surface area contributed by atoms with E-state index in [9.17, 15) is 31.2 Å². The molecule has 0 bridgehead atoms. The quantitative estimate of drug-likeness (QED) is 0.478. The second-order valence-corrected chi connectivity index (χ2v) is 10.1. The van der Waals surface area contributed by atoms with Crippen molar-refractivity contribution < 1.29 is 26.0 Å². The highest BCUT2D eigenvalue weighted by Crippen LogP contribution is 2.40. The molecule has 4 rings (SSSR count). The Morgan fingerprint density at radius 1 is 1.18 bits per heavy atom. The second-order valence-electron chi connectivity index (χ2n) is 8.42. The molecule has 1 aliphatic carbocycles. The van der Waals surface area contributed by atoms with Gasteiger partial charge < -0.3 is 4.57 Å². The van der Waals surface area contributed by atoms with Crippen molar-refractivity contribution in [2.24, 2.45) is 0 Å². The van der Waals surface area contributed by atoms with Gasteiger partial charge >= 0.3 is 6.18 Å². The van der Waals surface area contributed by atoms with Gasteiger partial charge in [0.15, 0.2) is 0 Å². The van der Waals surface area contributed by atoms with Gasteiger partial charge in [-0.05, 0) is 50.1 Å². The molecule has 0 aliphatic heterocycles. The van der Waals surface area contributed by atoms with E-state index in [-0.39, 0.29) is 17.3 Å². The Morgan fingerprint density at radius 2 is 1.88 bits per heavy atom. The first-order chi connectivity index (χ1) is 16.0. The lowest BCUT2D eigenvalue weighted by Crippen LogP contribution is -2.42. The average Bonchev–Trinajstić information content (AvgIpc) is 3.12. The highest BCUT2D eigenvalue weighted by molar-refractivity contribution is 7.89. The third-order valence-corrected chi connectivity index (χ3v) is 7.66. The molecule has 180 valence electrons.